The summed E-state index contributed by atoms with van der Waals surface area (Å²) in [4.78, 5) is 46.6. The molecule has 1 saturated heterocycles. The Hall–Kier alpha value is -2.98. The monoisotopic (exact) mass is 409 g/mol. The second kappa shape index (κ2) is 9.99. The van der Waals surface area contributed by atoms with E-state index >= 15 is 0 Å². The molecule has 0 spiro atoms. The van der Waals surface area contributed by atoms with E-state index in [1.165, 1.54) is 6.92 Å². The number of carbonyl (C=O) groups is 4. The van der Waals surface area contributed by atoms with Crippen molar-refractivity contribution in [2.45, 2.75) is 58.0 Å². The molecule has 0 aliphatic carbocycles. The van der Waals surface area contributed by atoms with Gasteiger partial charge in [-0.25, -0.2) is 4.79 Å². The number of esters is 2. The van der Waals surface area contributed by atoms with Crippen molar-refractivity contribution in [2.75, 3.05) is 0 Å². The van der Waals surface area contributed by atoms with E-state index in [1.807, 2.05) is 6.07 Å². The van der Waals surface area contributed by atoms with Gasteiger partial charge in [0.2, 0.25) is 5.91 Å². The van der Waals surface area contributed by atoms with Crippen LogP contribution in [0.25, 0.3) is 0 Å². The van der Waals surface area contributed by atoms with Crippen molar-refractivity contribution in [2.24, 2.45) is 0 Å². The number of rotatable bonds is 7. The van der Waals surface area contributed by atoms with E-state index in [4.69, 9.17) is 18.9 Å². The highest BCUT2D eigenvalue weighted by Crippen LogP contribution is 2.28. The number of hydrogen-bond donors (Lipinski definition) is 2. The summed E-state index contributed by atoms with van der Waals surface area (Å²) in [5.74, 6) is -3.50. The standard InChI is InChI=1S/C19H23NO9/c1-10(21)20-14-15(27-11(2)22)16(28-12(3)23)17(18(24)25)29-19(14)26-9-13-7-5-4-6-8-13/h4-8,14-17,19H,9H2,1-3H3,(H,20,21)(H,24,25)/t14-,15-,16+,17-,19-/m1/s1. The third-order valence-corrected chi connectivity index (χ3v) is 4.02. The predicted molar refractivity (Wildman–Crippen MR) is 96.2 cm³/mol. The lowest BCUT2D eigenvalue weighted by molar-refractivity contribution is -0.273. The molecule has 1 heterocycles. The molecule has 1 amide bonds. The van der Waals surface area contributed by atoms with Crippen molar-refractivity contribution in [3.8, 4) is 0 Å². The number of carboxylic acids is 1. The van der Waals surface area contributed by atoms with Crippen molar-refractivity contribution < 1.29 is 43.2 Å². The van der Waals surface area contributed by atoms with Gasteiger partial charge >= 0.3 is 17.9 Å². The van der Waals surface area contributed by atoms with Crippen LogP contribution in [0.3, 0.4) is 0 Å². The van der Waals surface area contributed by atoms with E-state index in [-0.39, 0.29) is 6.61 Å². The fraction of sp³-hybridized carbons (Fsp3) is 0.474. The fourth-order valence-corrected chi connectivity index (χ4v) is 2.97. The molecular weight excluding hydrogens is 386 g/mol. The lowest BCUT2D eigenvalue weighted by atomic mass is 9.95. The Kier molecular flexibility index (Phi) is 7.68. The maximum atomic E-state index is 11.7. The molecule has 0 bridgehead atoms. The van der Waals surface area contributed by atoms with Gasteiger partial charge in [0.25, 0.3) is 0 Å². The van der Waals surface area contributed by atoms with Crippen LogP contribution in [-0.4, -0.2) is 59.6 Å². The van der Waals surface area contributed by atoms with Gasteiger partial charge in [0.15, 0.2) is 24.6 Å². The minimum Gasteiger partial charge on any atom is -0.479 e. The first-order valence-corrected chi connectivity index (χ1v) is 8.84. The molecule has 0 radical (unpaired) electrons. The molecule has 1 aliphatic rings. The summed E-state index contributed by atoms with van der Waals surface area (Å²) in [6, 6.07) is 7.88. The van der Waals surface area contributed by atoms with Crippen LogP contribution in [-0.2, 0) is 44.7 Å². The molecule has 29 heavy (non-hydrogen) atoms. The number of carbonyl (C=O) groups excluding carboxylic acids is 3. The van der Waals surface area contributed by atoms with Crippen molar-refractivity contribution in [1.82, 2.24) is 5.32 Å². The van der Waals surface area contributed by atoms with Crippen LogP contribution in [0.15, 0.2) is 30.3 Å². The minimum atomic E-state index is -1.67. The number of aliphatic carboxylic acids is 1. The van der Waals surface area contributed by atoms with E-state index in [9.17, 15) is 24.3 Å². The smallest absolute Gasteiger partial charge is 0.337 e. The van der Waals surface area contributed by atoms with Crippen LogP contribution >= 0.6 is 0 Å². The highest BCUT2D eigenvalue weighted by molar-refractivity contribution is 5.76. The van der Waals surface area contributed by atoms with Gasteiger partial charge in [0.1, 0.15) is 6.04 Å². The number of benzene rings is 1. The third-order valence-electron chi connectivity index (χ3n) is 4.02. The lowest BCUT2D eigenvalue weighted by Gasteiger charge is -2.43. The normalized spacial score (nSPS) is 26.2. The summed E-state index contributed by atoms with van der Waals surface area (Å²) < 4.78 is 21.5. The molecule has 158 valence electrons. The SMILES string of the molecule is CC(=O)N[C@H]1[C@H](OCc2ccccc2)O[C@@H](C(=O)O)[C@@H](OC(C)=O)[C@@H]1OC(C)=O. The molecular formula is C19H23NO9. The van der Waals surface area contributed by atoms with Crippen LogP contribution in [0.5, 0.6) is 0 Å². The van der Waals surface area contributed by atoms with Crippen LogP contribution in [0.4, 0.5) is 0 Å². The maximum absolute atomic E-state index is 11.7. The second-order valence-corrected chi connectivity index (χ2v) is 6.43. The van der Waals surface area contributed by atoms with E-state index < -0.39 is 54.5 Å². The maximum Gasteiger partial charge on any atom is 0.337 e. The van der Waals surface area contributed by atoms with Crippen molar-refractivity contribution in [3.63, 3.8) is 0 Å². The Balaban J connectivity index is 2.36. The van der Waals surface area contributed by atoms with Gasteiger partial charge in [-0.3, -0.25) is 14.4 Å². The van der Waals surface area contributed by atoms with Crippen molar-refractivity contribution in [3.05, 3.63) is 35.9 Å². The van der Waals surface area contributed by atoms with Crippen LogP contribution in [0.1, 0.15) is 26.3 Å². The van der Waals surface area contributed by atoms with Gasteiger partial charge in [-0.05, 0) is 5.56 Å². The first-order chi connectivity index (χ1) is 13.7. The summed E-state index contributed by atoms with van der Waals surface area (Å²) >= 11 is 0. The van der Waals surface area contributed by atoms with Gasteiger partial charge in [-0.1, -0.05) is 30.3 Å². The van der Waals surface area contributed by atoms with Gasteiger partial charge < -0.3 is 29.4 Å². The minimum absolute atomic E-state index is 0.0406. The number of amides is 1. The Morgan fingerprint density at radius 3 is 2.10 bits per heavy atom. The summed E-state index contributed by atoms with van der Waals surface area (Å²) in [6.45, 7) is 3.46. The number of carboxylic acid groups (broad SMARTS) is 1. The van der Waals surface area contributed by atoms with E-state index in [2.05, 4.69) is 5.32 Å². The summed E-state index contributed by atoms with van der Waals surface area (Å²) in [6.07, 6.45) is -5.77. The third kappa shape index (κ3) is 6.26. The van der Waals surface area contributed by atoms with Crippen molar-refractivity contribution in [1.29, 1.82) is 0 Å². The van der Waals surface area contributed by atoms with E-state index in [0.29, 0.717) is 0 Å². The quantitative estimate of drug-likeness (QED) is 0.612. The van der Waals surface area contributed by atoms with Gasteiger partial charge in [-0.2, -0.15) is 0 Å². The lowest BCUT2D eigenvalue weighted by Crippen LogP contribution is -2.67. The molecule has 1 aromatic carbocycles. The number of hydrogen-bond acceptors (Lipinski definition) is 8. The number of nitrogens with one attached hydrogen (secondary N) is 1. The molecule has 2 rings (SSSR count). The molecule has 10 heteroatoms. The van der Waals surface area contributed by atoms with Gasteiger partial charge in [0.05, 0.1) is 6.61 Å². The van der Waals surface area contributed by atoms with Crippen LogP contribution < -0.4 is 5.32 Å². The molecule has 5 atom stereocenters. The van der Waals surface area contributed by atoms with Crippen LogP contribution in [0.2, 0.25) is 0 Å². The zero-order valence-corrected chi connectivity index (χ0v) is 16.2. The molecule has 0 unspecified atom stereocenters. The summed E-state index contributed by atoms with van der Waals surface area (Å²) in [5, 5.41) is 12.1. The van der Waals surface area contributed by atoms with E-state index in [1.54, 1.807) is 24.3 Å². The molecule has 1 fully saturated rings. The molecule has 0 aromatic heterocycles. The number of ether oxygens (including phenoxy) is 4. The Bertz CT molecular complexity index is 751. The summed E-state index contributed by atoms with van der Waals surface area (Å²) in [7, 11) is 0. The first kappa shape index (κ1) is 22.3. The molecule has 2 N–H and O–H groups in total. The van der Waals surface area contributed by atoms with Gasteiger partial charge in [-0.15, -0.1) is 0 Å². The Morgan fingerprint density at radius 1 is 1.00 bits per heavy atom. The fourth-order valence-electron chi connectivity index (χ4n) is 2.97. The highest BCUT2D eigenvalue weighted by atomic mass is 16.7. The molecule has 1 aromatic rings. The predicted octanol–water partition coefficient (Wildman–Crippen LogP) is 0.381. The average Bonchev–Trinajstić information content (AvgIpc) is 2.63. The Labute approximate surface area is 167 Å². The molecule has 10 nitrogen and oxygen atoms in total. The van der Waals surface area contributed by atoms with Crippen molar-refractivity contribution >= 4 is 23.8 Å². The first-order valence-electron chi connectivity index (χ1n) is 8.84. The average molecular weight is 409 g/mol. The van der Waals surface area contributed by atoms with Gasteiger partial charge in [0, 0.05) is 20.8 Å². The molecule has 0 saturated carbocycles. The second-order valence-electron chi connectivity index (χ2n) is 6.43. The largest absolute Gasteiger partial charge is 0.479 e. The van der Waals surface area contributed by atoms with Crippen LogP contribution in [0, 0.1) is 0 Å². The summed E-state index contributed by atoms with van der Waals surface area (Å²) in [5.41, 5.74) is 0.774. The Morgan fingerprint density at radius 2 is 1.59 bits per heavy atom. The highest BCUT2D eigenvalue weighted by Gasteiger charge is 2.53. The zero-order valence-electron chi connectivity index (χ0n) is 16.2. The topological polar surface area (TPSA) is 137 Å². The molecule has 1 aliphatic heterocycles. The zero-order chi connectivity index (χ0) is 21.6. The van der Waals surface area contributed by atoms with E-state index in [0.717, 1.165) is 19.4 Å².